The summed E-state index contributed by atoms with van der Waals surface area (Å²) >= 11 is 0. The summed E-state index contributed by atoms with van der Waals surface area (Å²) in [4.78, 5) is 0. The average Bonchev–Trinajstić information content (AvgIpc) is 2.26. The van der Waals surface area contributed by atoms with Gasteiger partial charge >= 0.3 is 0 Å². The second-order valence-electron chi connectivity index (χ2n) is 3.78. The molecule has 1 unspecified atom stereocenters. The normalized spacial score (nSPS) is 14.4. The van der Waals surface area contributed by atoms with Gasteiger partial charge in [-0.1, -0.05) is 0 Å². The van der Waals surface area contributed by atoms with Gasteiger partial charge in [0.15, 0.2) is 0 Å². The molecule has 0 radical (unpaired) electrons. The quantitative estimate of drug-likeness (QED) is 0.791. The van der Waals surface area contributed by atoms with Crippen LogP contribution in [0.1, 0.15) is 18.6 Å². The molecule has 0 saturated carbocycles. The molecule has 96 valence electrons. The van der Waals surface area contributed by atoms with Crippen LogP contribution >= 0.6 is 0 Å². The number of halogens is 1. The van der Waals surface area contributed by atoms with E-state index in [4.69, 9.17) is 9.47 Å². The molecule has 17 heavy (non-hydrogen) atoms. The molecule has 0 aliphatic heterocycles. The lowest BCUT2D eigenvalue weighted by Crippen LogP contribution is -2.23. The first-order valence-electron chi connectivity index (χ1n) is 5.32. The van der Waals surface area contributed by atoms with Crippen molar-refractivity contribution < 1.29 is 24.1 Å². The van der Waals surface area contributed by atoms with Crippen LogP contribution in [0.25, 0.3) is 0 Å². The van der Waals surface area contributed by atoms with E-state index in [2.05, 4.69) is 0 Å². The van der Waals surface area contributed by atoms with E-state index >= 15 is 0 Å². The summed E-state index contributed by atoms with van der Waals surface area (Å²) < 4.78 is 23.0. The molecule has 1 aromatic carbocycles. The molecule has 2 atom stereocenters. The first kappa shape index (κ1) is 13.9. The van der Waals surface area contributed by atoms with Crippen molar-refractivity contribution in [1.82, 2.24) is 0 Å². The van der Waals surface area contributed by atoms with Gasteiger partial charge in [0.2, 0.25) is 0 Å². The van der Waals surface area contributed by atoms with Gasteiger partial charge < -0.3 is 19.7 Å². The monoisotopic (exact) mass is 244 g/mol. The third-order valence-electron chi connectivity index (χ3n) is 2.22. The van der Waals surface area contributed by atoms with Crippen molar-refractivity contribution >= 4 is 0 Å². The Balaban J connectivity index is 2.71. The highest BCUT2D eigenvalue weighted by Crippen LogP contribution is 2.26. The predicted molar refractivity (Wildman–Crippen MR) is 60.4 cm³/mol. The number of methoxy groups -OCH3 is 1. The lowest BCUT2D eigenvalue weighted by molar-refractivity contribution is 0.0316. The van der Waals surface area contributed by atoms with Crippen molar-refractivity contribution in [1.29, 1.82) is 0 Å². The molecule has 4 nitrogen and oxygen atoms in total. The molecule has 0 bridgehead atoms. The molecular formula is C12H17FO4. The van der Waals surface area contributed by atoms with E-state index in [-0.39, 0.29) is 19.0 Å². The van der Waals surface area contributed by atoms with Crippen LogP contribution in [0.3, 0.4) is 0 Å². The molecular weight excluding hydrogens is 227 g/mol. The Labute approximate surface area is 99.6 Å². The highest BCUT2D eigenvalue weighted by molar-refractivity contribution is 5.35. The molecule has 5 heteroatoms. The second-order valence-corrected chi connectivity index (χ2v) is 3.78. The lowest BCUT2D eigenvalue weighted by Gasteiger charge is -2.15. The van der Waals surface area contributed by atoms with Gasteiger partial charge in [-0.15, -0.1) is 0 Å². The zero-order valence-electron chi connectivity index (χ0n) is 9.89. The molecule has 0 aromatic heterocycles. The average molecular weight is 244 g/mol. The Hall–Kier alpha value is -1.17. The molecule has 0 fully saturated rings. The van der Waals surface area contributed by atoms with Gasteiger partial charge in [0.05, 0.1) is 12.7 Å². The standard InChI is InChI=1S/C12H17FO4/c1-8(14)11-4-3-9(13)5-12(11)17-7-10(15)6-16-2/h3-5,8,10,14-15H,6-7H2,1-2H3/t8-,10?/m1/s1. The minimum atomic E-state index is -0.787. The maximum atomic E-state index is 13.0. The van der Waals surface area contributed by atoms with Gasteiger partial charge in [-0.05, 0) is 19.1 Å². The van der Waals surface area contributed by atoms with Crippen LogP contribution in [0.4, 0.5) is 4.39 Å². The zero-order chi connectivity index (χ0) is 12.8. The smallest absolute Gasteiger partial charge is 0.128 e. The molecule has 0 spiro atoms. The van der Waals surface area contributed by atoms with E-state index in [1.54, 1.807) is 6.92 Å². The maximum absolute atomic E-state index is 13.0. The van der Waals surface area contributed by atoms with Gasteiger partial charge in [-0.25, -0.2) is 4.39 Å². The molecule has 0 saturated heterocycles. The van der Waals surface area contributed by atoms with Crippen molar-refractivity contribution in [2.45, 2.75) is 19.1 Å². The van der Waals surface area contributed by atoms with Gasteiger partial charge in [0, 0.05) is 18.7 Å². The zero-order valence-corrected chi connectivity index (χ0v) is 9.89. The molecule has 0 aliphatic rings. The summed E-state index contributed by atoms with van der Waals surface area (Å²) in [6.45, 7) is 1.68. The predicted octanol–water partition coefficient (Wildman–Crippen LogP) is 1.27. The molecule has 0 amide bonds. The molecule has 1 rings (SSSR count). The van der Waals surface area contributed by atoms with Crippen molar-refractivity contribution in [3.63, 3.8) is 0 Å². The van der Waals surface area contributed by atoms with Gasteiger partial charge in [-0.3, -0.25) is 0 Å². The van der Waals surface area contributed by atoms with Crippen LogP contribution in [0.2, 0.25) is 0 Å². The number of aliphatic hydroxyl groups is 2. The van der Waals surface area contributed by atoms with Crippen LogP contribution in [-0.2, 0) is 4.74 Å². The van der Waals surface area contributed by atoms with E-state index < -0.39 is 18.0 Å². The molecule has 2 N–H and O–H groups in total. The van der Waals surface area contributed by atoms with Gasteiger partial charge in [0.1, 0.15) is 24.3 Å². The minimum absolute atomic E-state index is 0.0169. The van der Waals surface area contributed by atoms with Crippen LogP contribution in [0.15, 0.2) is 18.2 Å². The van der Waals surface area contributed by atoms with Crippen LogP contribution in [-0.4, -0.2) is 36.6 Å². The number of ether oxygens (including phenoxy) is 2. The lowest BCUT2D eigenvalue weighted by atomic mass is 10.1. The fourth-order valence-corrected chi connectivity index (χ4v) is 1.40. The highest BCUT2D eigenvalue weighted by atomic mass is 19.1. The van der Waals surface area contributed by atoms with Crippen molar-refractivity contribution in [2.24, 2.45) is 0 Å². The van der Waals surface area contributed by atoms with Crippen LogP contribution in [0.5, 0.6) is 5.75 Å². The maximum Gasteiger partial charge on any atom is 0.128 e. The third-order valence-corrected chi connectivity index (χ3v) is 2.22. The Kier molecular flexibility index (Phi) is 5.34. The summed E-state index contributed by atoms with van der Waals surface area (Å²) in [5, 5.41) is 18.9. The molecule has 1 aromatic rings. The van der Waals surface area contributed by atoms with E-state index in [0.717, 1.165) is 0 Å². The second kappa shape index (κ2) is 6.54. The topological polar surface area (TPSA) is 58.9 Å². The first-order valence-corrected chi connectivity index (χ1v) is 5.32. The SMILES string of the molecule is COCC(O)COc1cc(F)ccc1[C@@H](C)O. The number of hydrogen-bond donors (Lipinski definition) is 2. The van der Waals surface area contributed by atoms with E-state index in [1.807, 2.05) is 0 Å². The Bertz CT molecular complexity index is 354. The van der Waals surface area contributed by atoms with E-state index in [1.165, 1.54) is 25.3 Å². The Morgan fingerprint density at radius 2 is 2.00 bits per heavy atom. The number of rotatable bonds is 6. The van der Waals surface area contributed by atoms with Crippen LogP contribution < -0.4 is 4.74 Å². The Morgan fingerprint density at radius 1 is 1.29 bits per heavy atom. The minimum Gasteiger partial charge on any atom is -0.490 e. The van der Waals surface area contributed by atoms with Crippen molar-refractivity contribution in [3.05, 3.63) is 29.6 Å². The largest absolute Gasteiger partial charge is 0.490 e. The van der Waals surface area contributed by atoms with Crippen molar-refractivity contribution in [2.75, 3.05) is 20.3 Å². The summed E-state index contributed by atoms with van der Waals surface area (Å²) in [5.74, 6) is -0.221. The van der Waals surface area contributed by atoms with E-state index in [9.17, 15) is 14.6 Å². The summed E-state index contributed by atoms with van der Waals surface area (Å²) in [5.41, 5.74) is 0.482. The highest BCUT2D eigenvalue weighted by Gasteiger charge is 2.12. The van der Waals surface area contributed by atoms with Crippen molar-refractivity contribution in [3.8, 4) is 5.75 Å². The summed E-state index contributed by atoms with van der Waals surface area (Å²) in [6.07, 6.45) is -1.55. The molecule has 0 heterocycles. The number of aliphatic hydroxyl groups excluding tert-OH is 2. The fraction of sp³-hybridized carbons (Fsp3) is 0.500. The molecule has 0 aliphatic carbocycles. The first-order chi connectivity index (χ1) is 8.04. The number of hydrogen-bond acceptors (Lipinski definition) is 4. The summed E-state index contributed by atoms with van der Waals surface area (Å²) in [7, 11) is 1.46. The Morgan fingerprint density at radius 3 is 2.59 bits per heavy atom. The number of benzene rings is 1. The third kappa shape index (κ3) is 4.30. The van der Waals surface area contributed by atoms with Gasteiger partial charge in [0.25, 0.3) is 0 Å². The fourth-order valence-electron chi connectivity index (χ4n) is 1.40. The van der Waals surface area contributed by atoms with E-state index in [0.29, 0.717) is 5.56 Å². The van der Waals surface area contributed by atoms with Crippen LogP contribution in [0, 0.1) is 5.82 Å². The van der Waals surface area contributed by atoms with Gasteiger partial charge in [-0.2, -0.15) is 0 Å². The summed E-state index contributed by atoms with van der Waals surface area (Å²) in [6, 6.07) is 3.89.